The smallest absolute Gasteiger partial charge is 0.307 e. The zero-order valence-electron chi connectivity index (χ0n) is 10.1. The van der Waals surface area contributed by atoms with Crippen LogP contribution in [-0.2, 0) is 4.79 Å². The number of aliphatic carboxylic acids is 1. The Balaban J connectivity index is 1.87. The van der Waals surface area contributed by atoms with Crippen LogP contribution in [0.2, 0.25) is 0 Å². The molecule has 0 bridgehead atoms. The Hall–Kier alpha value is -0.610. The minimum Gasteiger partial charge on any atom is -0.481 e. The van der Waals surface area contributed by atoms with Crippen molar-refractivity contribution in [3.63, 3.8) is 0 Å². The van der Waals surface area contributed by atoms with E-state index in [1.54, 1.807) is 6.92 Å². The van der Waals surface area contributed by atoms with E-state index >= 15 is 0 Å². The van der Waals surface area contributed by atoms with Gasteiger partial charge in [-0.25, -0.2) is 0 Å². The molecule has 0 aromatic rings. The number of fused-ring (bicyclic) bond motifs is 1. The van der Waals surface area contributed by atoms with Crippen molar-refractivity contribution >= 4 is 5.97 Å². The van der Waals surface area contributed by atoms with Gasteiger partial charge in [0.1, 0.15) is 0 Å². The van der Waals surface area contributed by atoms with Crippen molar-refractivity contribution in [3.05, 3.63) is 0 Å². The number of hydrogen-bond donors (Lipinski definition) is 2. The summed E-state index contributed by atoms with van der Waals surface area (Å²) in [4.78, 5) is 13.4. The Morgan fingerprint density at radius 3 is 2.81 bits per heavy atom. The minimum absolute atomic E-state index is 0.0584. The van der Waals surface area contributed by atoms with Gasteiger partial charge in [-0.1, -0.05) is 6.92 Å². The Labute approximate surface area is 97.0 Å². The van der Waals surface area contributed by atoms with Crippen LogP contribution in [0.3, 0.4) is 0 Å². The van der Waals surface area contributed by atoms with Crippen molar-refractivity contribution in [1.82, 2.24) is 10.2 Å². The van der Waals surface area contributed by atoms with Crippen LogP contribution in [0.15, 0.2) is 0 Å². The first kappa shape index (κ1) is 11.9. The molecular formula is C12H22N2O2. The number of nitrogens with one attached hydrogen (secondary N) is 1. The van der Waals surface area contributed by atoms with Gasteiger partial charge in [0, 0.05) is 24.7 Å². The maximum atomic E-state index is 10.9. The highest BCUT2D eigenvalue weighted by atomic mass is 16.4. The number of carboxylic acid groups (broad SMARTS) is 1. The van der Waals surface area contributed by atoms with Crippen LogP contribution >= 0.6 is 0 Å². The first-order valence-electron chi connectivity index (χ1n) is 6.32. The van der Waals surface area contributed by atoms with Crippen molar-refractivity contribution in [3.8, 4) is 0 Å². The predicted molar refractivity (Wildman–Crippen MR) is 62.4 cm³/mol. The van der Waals surface area contributed by atoms with Gasteiger partial charge in [-0.05, 0) is 32.7 Å². The third-order valence-corrected chi connectivity index (χ3v) is 4.22. The van der Waals surface area contributed by atoms with Crippen LogP contribution in [0, 0.1) is 5.92 Å². The predicted octanol–water partition coefficient (Wildman–Crippen LogP) is 0.922. The molecule has 0 saturated carbocycles. The number of hydrogen-bond acceptors (Lipinski definition) is 3. The fraction of sp³-hybridized carbons (Fsp3) is 0.917. The van der Waals surface area contributed by atoms with Crippen molar-refractivity contribution < 1.29 is 9.90 Å². The third-order valence-electron chi connectivity index (χ3n) is 4.22. The Morgan fingerprint density at radius 2 is 2.12 bits per heavy atom. The van der Waals surface area contributed by atoms with E-state index in [4.69, 9.17) is 5.11 Å². The van der Waals surface area contributed by atoms with Gasteiger partial charge in [0.15, 0.2) is 0 Å². The second-order valence-electron chi connectivity index (χ2n) is 5.22. The van der Waals surface area contributed by atoms with E-state index in [1.807, 2.05) is 6.92 Å². The lowest BCUT2D eigenvalue weighted by molar-refractivity contribution is -0.142. The standard InChI is InChI=1S/C12H22N2O2/c1-8(12(15)16)9(2)13-10-5-7-14-6-3-4-11(10)14/h8-11,13H,3-7H2,1-2H3,(H,15,16). The lowest BCUT2D eigenvalue weighted by Gasteiger charge is -2.26. The number of nitrogens with zero attached hydrogens (tertiary/aromatic N) is 1. The molecule has 2 aliphatic rings. The van der Waals surface area contributed by atoms with Gasteiger partial charge in [0.05, 0.1) is 5.92 Å². The van der Waals surface area contributed by atoms with Crippen molar-refractivity contribution in [2.45, 2.75) is 51.2 Å². The summed E-state index contributed by atoms with van der Waals surface area (Å²) < 4.78 is 0. The van der Waals surface area contributed by atoms with Gasteiger partial charge in [-0.2, -0.15) is 0 Å². The largest absolute Gasteiger partial charge is 0.481 e. The Bertz CT molecular complexity index is 270. The topological polar surface area (TPSA) is 52.6 Å². The van der Waals surface area contributed by atoms with Crippen LogP contribution in [0.1, 0.15) is 33.1 Å². The summed E-state index contributed by atoms with van der Waals surface area (Å²) >= 11 is 0. The van der Waals surface area contributed by atoms with E-state index in [2.05, 4.69) is 10.2 Å². The fourth-order valence-corrected chi connectivity index (χ4v) is 2.97. The molecule has 0 aliphatic carbocycles. The van der Waals surface area contributed by atoms with E-state index in [0.717, 1.165) is 0 Å². The highest BCUT2D eigenvalue weighted by molar-refractivity contribution is 5.70. The molecule has 2 fully saturated rings. The van der Waals surface area contributed by atoms with E-state index in [-0.39, 0.29) is 12.0 Å². The first-order chi connectivity index (χ1) is 7.59. The summed E-state index contributed by atoms with van der Waals surface area (Å²) in [7, 11) is 0. The molecule has 4 nitrogen and oxygen atoms in total. The molecular weight excluding hydrogens is 204 g/mol. The van der Waals surface area contributed by atoms with Gasteiger partial charge in [0.25, 0.3) is 0 Å². The van der Waals surface area contributed by atoms with Gasteiger partial charge in [-0.15, -0.1) is 0 Å². The lowest BCUT2D eigenvalue weighted by Crippen LogP contribution is -2.47. The third kappa shape index (κ3) is 2.23. The van der Waals surface area contributed by atoms with E-state index < -0.39 is 5.97 Å². The molecule has 4 unspecified atom stereocenters. The zero-order chi connectivity index (χ0) is 11.7. The summed E-state index contributed by atoms with van der Waals surface area (Å²) in [6.45, 7) is 6.17. The maximum absolute atomic E-state index is 10.9. The number of carbonyl (C=O) groups is 1. The summed E-state index contributed by atoms with van der Waals surface area (Å²) in [6.07, 6.45) is 3.74. The molecule has 2 saturated heterocycles. The van der Waals surface area contributed by atoms with E-state index in [9.17, 15) is 4.79 Å². The average molecular weight is 226 g/mol. The molecule has 0 amide bonds. The molecule has 0 spiro atoms. The Morgan fingerprint density at radius 1 is 1.38 bits per heavy atom. The SMILES string of the molecule is CC(NC1CCN2CCCC12)C(C)C(=O)O. The monoisotopic (exact) mass is 226 g/mol. The highest BCUT2D eigenvalue weighted by Crippen LogP contribution is 2.28. The van der Waals surface area contributed by atoms with Crippen LogP contribution < -0.4 is 5.32 Å². The minimum atomic E-state index is -0.707. The average Bonchev–Trinajstić information content (AvgIpc) is 2.81. The zero-order valence-corrected chi connectivity index (χ0v) is 10.1. The number of rotatable bonds is 4. The molecule has 0 aromatic carbocycles. The molecule has 2 heterocycles. The van der Waals surface area contributed by atoms with Crippen LogP contribution in [-0.4, -0.2) is 47.2 Å². The summed E-state index contributed by atoms with van der Waals surface area (Å²) in [6, 6.07) is 1.21. The fourth-order valence-electron chi connectivity index (χ4n) is 2.97. The molecule has 4 atom stereocenters. The van der Waals surface area contributed by atoms with Crippen LogP contribution in [0.25, 0.3) is 0 Å². The second-order valence-corrected chi connectivity index (χ2v) is 5.22. The van der Waals surface area contributed by atoms with Gasteiger partial charge >= 0.3 is 5.97 Å². The molecule has 16 heavy (non-hydrogen) atoms. The van der Waals surface area contributed by atoms with Crippen LogP contribution in [0.5, 0.6) is 0 Å². The second kappa shape index (κ2) is 4.72. The normalized spacial score (nSPS) is 33.6. The summed E-state index contributed by atoms with van der Waals surface area (Å²) in [5.74, 6) is -1.02. The lowest BCUT2D eigenvalue weighted by atomic mass is 10.00. The van der Waals surface area contributed by atoms with Gasteiger partial charge in [0.2, 0.25) is 0 Å². The summed E-state index contributed by atoms with van der Waals surface area (Å²) in [5, 5.41) is 12.5. The molecule has 2 N–H and O–H groups in total. The molecule has 2 rings (SSSR count). The molecule has 2 aliphatic heterocycles. The van der Waals surface area contributed by atoms with Crippen molar-refractivity contribution in [1.29, 1.82) is 0 Å². The van der Waals surface area contributed by atoms with Crippen molar-refractivity contribution in [2.24, 2.45) is 5.92 Å². The highest BCUT2D eigenvalue weighted by Gasteiger charge is 2.38. The van der Waals surface area contributed by atoms with E-state index in [0.29, 0.717) is 12.1 Å². The molecule has 0 aromatic heterocycles. The van der Waals surface area contributed by atoms with E-state index in [1.165, 1.54) is 32.4 Å². The summed E-state index contributed by atoms with van der Waals surface area (Å²) in [5.41, 5.74) is 0. The maximum Gasteiger partial charge on any atom is 0.307 e. The number of carboxylic acids is 1. The molecule has 0 radical (unpaired) electrons. The molecule has 92 valence electrons. The molecule has 4 heteroatoms. The Kier molecular flexibility index (Phi) is 3.50. The first-order valence-corrected chi connectivity index (χ1v) is 6.32. The van der Waals surface area contributed by atoms with Crippen molar-refractivity contribution in [2.75, 3.05) is 13.1 Å². The van der Waals surface area contributed by atoms with Crippen LogP contribution in [0.4, 0.5) is 0 Å². The van der Waals surface area contributed by atoms with Gasteiger partial charge in [-0.3, -0.25) is 9.69 Å². The quantitative estimate of drug-likeness (QED) is 0.748. The van der Waals surface area contributed by atoms with Gasteiger partial charge < -0.3 is 10.4 Å².